The molecule has 1 rings (SSSR count). The summed E-state index contributed by atoms with van der Waals surface area (Å²) >= 11 is 0. The molecule has 0 bridgehead atoms. The lowest BCUT2D eigenvalue weighted by atomic mass is 10.5. The highest BCUT2D eigenvalue weighted by Crippen LogP contribution is 2.34. The fourth-order valence-electron chi connectivity index (χ4n) is 0.735. The van der Waals surface area contributed by atoms with Gasteiger partial charge in [-0.25, -0.2) is 9.78 Å². The molecular formula is C10H11NO2S2. The average Bonchev–Trinajstić information content (AvgIpc) is 2.27. The standard InChI is InChI=1S/C10H11NO2S2/c1-3-13-10(12)8(2)14-15-9-6-4-5-7-11-9/h4-7H,2-3H2,1H3. The van der Waals surface area contributed by atoms with Crippen LogP contribution in [0.2, 0.25) is 0 Å². The highest BCUT2D eigenvalue weighted by atomic mass is 33.1. The van der Waals surface area contributed by atoms with Crippen LogP contribution in [-0.2, 0) is 9.53 Å². The van der Waals surface area contributed by atoms with Gasteiger partial charge in [0.1, 0.15) is 5.03 Å². The van der Waals surface area contributed by atoms with E-state index in [4.69, 9.17) is 4.74 Å². The van der Waals surface area contributed by atoms with Crippen LogP contribution in [0, 0.1) is 0 Å². The Morgan fingerprint density at radius 1 is 1.60 bits per heavy atom. The van der Waals surface area contributed by atoms with Gasteiger partial charge in [-0.2, -0.15) is 0 Å². The number of esters is 1. The van der Waals surface area contributed by atoms with E-state index in [1.807, 2.05) is 18.2 Å². The molecule has 0 atom stereocenters. The summed E-state index contributed by atoms with van der Waals surface area (Å²) in [6, 6.07) is 5.61. The molecule has 0 aliphatic rings. The average molecular weight is 241 g/mol. The SMILES string of the molecule is C=C(SSc1ccccn1)C(=O)OCC. The lowest BCUT2D eigenvalue weighted by Gasteiger charge is -2.03. The smallest absolute Gasteiger partial charge is 0.344 e. The number of carbonyl (C=O) groups is 1. The zero-order valence-electron chi connectivity index (χ0n) is 8.30. The first-order chi connectivity index (χ1) is 7.24. The predicted molar refractivity (Wildman–Crippen MR) is 63.5 cm³/mol. The number of pyridine rings is 1. The number of hydrogen-bond donors (Lipinski definition) is 0. The van der Waals surface area contributed by atoms with Crippen LogP contribution in [0.15, 0.2) is 40.9 Å². The second-order valence-electron chi connectivity index (χ2n) is 2.48. The van der Waals surface area contributed by atoms with Gasteiger partial charge in [0.15, 0.2) is 0 Å². The quantitative estimate of drug-likeness (QED) is 0.450. The maximum absolute atomic E-state index is 11.2. The van der Waals surface area contributed by atoms with Crippen molar-refractivity contribution in [2.45, 2.75) is 11.9 Å². The molecule has 0 saturated carbocycles. The van der Waals surface area contributed by atoms with Crippen LogP contribution in [-0.4, -0.2) is 17.6 Å². The van der Waals surface area contributed by atoms with Crippen molar-refractivity contribution >= 4 is 27.6 Å². The summed E-state index contributed by atoms with van der Waals surface area (Å²) in [4.78, 5) is 15.7. The van der Waals surface area contributed by atoms with Gasteiger partial charge in [0.25, 0.3) is 0 Å². The normalized spacial score (nSPS) is 9.67. The molecule has 15 heavy (non-hydrogen) atoms. The van der Waals surface area contributed by atoms with Crippen molar-refractivity contribution in [1.82, 2.24) is 4.98 Å². The fraction of sp³-hybridized carbons (Fsp3) is 0.200. The molecule has 0 unspecified atom stereocenters. The molecule has 0 N–H and O–H groups in total. The van der Waals surface area contributed by atoms with E-state index in [1.54, 1.807) is 13.1 Å². The lowest BCUT2D eigenvalue weighted by Crippen LogP contribution is -2.03. The minimum atomic E-state index is -0.370. The first-order valence-electron chi connectivity index (χ1n) is 4.35. The Hall–Kier alpha value is -0.940. The molecule has 5 heteroatoms. The Morgan fingerprint density at radius 2 is 2.40 bits per heavy atom. The van der Waals surface area contributed by atoms with Gasteiger partial charge in [-0.1, -0.05) is 12.6 Å². The van der Waals surface area contributed by atoms with E-state index in [2.05, 4.69) is 11.6 Å². The Balaban J connectivity index is 2.38. The van der Waals surface area contributed by atoms with Crippen molar-refractivity contribution < 1.29 is 9.53 Å². The van der Waals surface area contributed by atoms with Crippen molar-refractivity contribution in [1.29, 1.82) is 0 Å². The third kappa shape index (κ3) is 4.40. The molecule has 1 aromatic rings. The largest absolute Gasteiger partial charge is 0.462 e. The van der Waals surface area contributed by atoms with Gasteiger partial charge in [-0.05, 0) is 40.6 Å². The predicted octanol–water partition coefficient (Wildman–Crippen LogP) is 2.90. The van der Waals surface area contributed by atoms with Crippen molar-refractivity contribution in [3.63, 3.8) is 0 Å². The summed E-state index contributed by atoms with van der Waals surface area (Å²) in [5.74, 6) is -0.370. The Morgan fingerprint density at radius 3 is 3.00 bits per heavy atom. The minimum Gasteiger partial charge on any atom is -0.462 e. The summed E-state index contributed by atoms with van der Waals surface area (Å²) in [6.45, 7) is 5.76. The lowest BCUT2D eigenvalue weighted by molar-refractivity contribution is -0.137. The highest BCUT2D eigenvalue weighted by Gasteiger charge is 2.09. The van der Waals surface area contributed by atoms with Gasteiger partial charge in [-0.3, -0.25) is 0 Å². The van der Waals surface area contributed by atoms with E-state index >= 15 is 0 Å². The third-order valence-electron chi connectivity index (χ3n) is 1.37. The monoisotopic (exact) mass is 241 g/mol. The summed E-state index contributed by atoms with van der Waals surface area (Å²) in [7, 11) is 2.65. The number of aromatic nitrogens is 1. The van der Waals surface area contributed by atoms with Crippen LogP contribution in [0.1, 0.15) is 6.92 Å². The summed E-state index contributed by atoms with van der Waals surface area (Å²) < 4.78 is 4.80. The topological polar surface area (TPSA) is 39.2 Å². The molecule has 0 aliphatic carbocycles. The van der Waals surface area contributed by atoms with Crippen LogP contribution < -0.4 is 0 Å². The second-order valence-corrected chi connectivity index (χ2v) is 4.72. The number of rotatable bonds is 5. The molecule has 3 nitrogen and oxygen atoms in total. The third-order valence-corrected chi connectivity index (χ3v) is 3.60. The maximum Gasteiger partial charge on any atom is 0.344 e. The van der Waals surface area contributed by atoms with Gasteiger partial charge < -0.3 is 4.74 Å². The number of hydrogen-bond acceptors (Lipinski definition) is 5. The maximum atomic E-state index is 11.2. The van der Waals surface area contributed by atoms with E-state index in [-0.39, 0.29) is 5.97 Å². The van der Waals surface area contributed by atoms with Gasteiger partial charge in [-0.15, -0.1) is 0 Å². The van der Waals surface area contributed by atoms with Crippen LogP contribution in [0.5, 0.6) is 0 Å². The second kappa shape index (κ2) is 6.53. The zero-order valence-corrected chi connectivity index (χ0v) is 9.94. The van der Waals surface area contributed by atoms with Crippen LogP contribution in [0.25, 0.3) is 0 Å². The number of carbonyl (C=O) groups excluding carboxylic acids is 1. The molecule has 1 aromatic heterocycles. The minimum absolute atomic E-state index is 0.368. The fourth-order valence-corrected chi connectivity index (χ4v) is 2.34. The van der Waals surface area contributed by atoms with Gasteiger partial charge >= 0.3 is 5.97 Å². The van der Waals surface area contributed by atoms with E-state index in [0.29, 0.717) is 11.5 Å². The van der Waals surface area contributed by atoms with Gasteiger partial charge in [0, 0.05) is 6.20 Å². The van der Waals surface area contributed by atoms with E-state index in [0.717, 1.165) is 5.03 Å². The van der Waals surface area contributed by atoms with Gasteiger partial charge in [0.05, 0.1) is 11.5 Å². The summed E-state index contributed by atoms with van der Waals surface area (Å²) in [5, 5.41) is 0.841. The molecule has 80 valence electrons. The van der Waals surface area contributed by atoms with Crippen molar-refractivity contribution in [2.24, 2.45) is 0 Å². The van der Waals surface area contributed by atoms with E-state index < -0.39 is 0 Å². The first-order valence-corrected chi connectivity index (χ1v) is 6.50. The number of nitrogens with zero attached hydrogens (tertiary/aromatic N) is 1. The van der Waals surface area contributed by atoms with Crippen molar-refractivity contribution in [3.05, 3.63) is 35.9 Å². The van der Waals surface area contributed by atoms with Crippen molar-refractivity contribution in [2.75, 3.05) is 6.61 Å². The molecule has 0 radical (unpaired) electrons. The van der Waals surface area contributed by atoms with Crippen LogP contribution >= 0.6 is 21.6 Å². The molecule has 0 saturated heterocycles. The zero-order chi connectivity index (χ0) is 11.1. The van der Waals surface area contributed by atoms with E-state index in [9.17, 15) is 4.79 Å². The van der Waals surface area contributed by atoms with Crippen molar-refractivity contribution in [3.8, 4) is 0 Å². The van der Waals surface area contributed by atoms with Crippen LogP contribution in [0.3, 0.4) is 0 Å². The molecule has 0 spiro atoms. The number of ether oxygens (including phenoxy) is 1. The molecule has 1 heterocycles. The van der Waals surface area contributed by atoms with Gasteiger partial charge in [0.2, 0.25) is 0 Å². The Bertz CT molecular complexity index is 341. The molecule has 0 aliphatic heterocycles. The van der Waals surface area contributed by atoms with E-state index in [1.165, 1.54) is 21.6 Å². The molecular weight excluding hydrogens is 230 g/mol. The summed E-state index contributed by atoms with van der Waals surface area (Å²) in [5.41, 5.74) is 0. The summed E-state index contributed by atoms with van der Waals surface area (Å²) in [6.07, 6.45) is 1.70. The molecule has 0 amide bonds. The highest BCUT2D eigenvalue weighted by molar-refractivity contribution is 8.78. The molecule has 0 fully saturated rings. The Labute approximate surface area is 96.7 Å². The first kappa shape index (κ1) is 12.1. The van der Waals surface area contributed by atoms with Crippen LogP contribution in [0.4, 0.5) is 0 Å². The molecule has 0 aromatic carbocycles. The Kier molecular flexibility index (Phi) is 5.28.